The molecule has 78 heavy (non-hydrogen) atoms. The molecule has 0 saturated heterocycles. The van der Waals surface area contributed by atoms with E-state index in [-0.39, 0.29) is 17.9 Å². The summed E-state index contributed by atoms with van der Waals surface area (Å²) in [6, 6.07) is 21.6. The fourth-order valence-electron chi connectivity index (χ4n) is 9.76. The van der Waals surface area contributed by atoms with E-state index >= 15 is 0 Å². The highest BCUT2D eigenvalue weighted by atomic mass is 16.5. The summed E-state index contributed by atoms with van der Waals surface area (Å²) in [4.78, 5) is 53.0. The molecule has 0 saturated carbocycles. The fraction of sp³-hybridized carbons (Fsp3) is 0.642. The zero-order chi connectivity index (χ0) is 55.4. The molecule has 432 valence electrons. The van der Waals surface area contributed by atoms with Crippen LogP contribution in [0.5, 0.6) is 0 Å². The van der Waals surface area contributed by atoms with Gasteiger partial charge in [-0.15, -0.1) is 0 Å². The van der Waals surface area contributed by atoms with E-state index in [2.05, 4.69) is 31.4 Å². The van der Waals surface area contributed by atoms with Gasteiger partial charge in [0.15, 0.2) is 0 Å². The third kappa shape index (κ3) is 30.7. The summed E-state index contributed by atoms with van der Waals surface area (Å²) in [6.07, 6.45) is 45.6. The van der Waals surface area contributed by atoms with Gasteiger partial charge in [-0.05, 0) is 85.5 Å². The van der Waals surface area contributed by atoms with Crippen LogP contribution in [0.4, 0.5) is 23.3 Å². The lowest BCUT2D eigenvalue weighted by molar-refractivity contribution is 0.0488. The van der Waals surface area contributed by atoms with Gasteiger partial charge < -0.3 is 24.8 Å². The van der Waals surface area contributed by atoms with Gasteiger partial charge in [0.25, 0.3) is 0 Å². The Morgan fingerprint density at radius 3 is 0.833 bits per heavy atom. The van der Waals surface area contributed by atoms with Crippen molar-refractivity contribution < 1.29 is 28.6 Å². The van der Waals surface area contributed by atoms with Crippen LogP contribution < -0.4 is 10.6 Å². The quantitative estimate of drug-likeness (QED) is 0.0248. The molecule has 0 aliphatic carbocycles. The molecular weight excluding hydrogens is 971 g/mol. The summed E-state index contributed by atoms with van der Waals surface area (Å²) >= 11 is 0. The van der Waals surface area contributed by atoms with E-state index < -0.39 is 0 Å². The van der Waals surface area contributed by atoms with E-state index in [1.165, 1.54) is 193 Å². The number of esters is 3. The van der Waals surface area contributed by atoms with E-state index in [4.69, 9.17) is 29.2 Å². The zero-order valence-electron chi connectivity index (χ0n) is 49.0. The van der Waals surface area contributed by atoms with Crippen molar-refractivity contribution >= 4 is 41.2 Å². The zero-order valence-corrected chi connectivity index (χ0v) is 49.0. The monoisotopic (exact) mass is 1070 g/mol. The number of anilines is 4. The van der Waals surface area contributed by atoms with Crippen LogP contribution in [0, 0.1) is 0 Å². The molecule has 0 unspecified atom stereocenters. The average Bonchev–Trinajstić information content (AvgIpc) is 3.46. The third-order valence-corrected chi connectivity index (χ3v) is 14.7. The predicted molar refractivity (Wildman–Crippen MR) is 323 cm³/mol. The van der Waals surface area contributed by atoms with Gasteiger partial charge in [0.05, 0.1) is 36.5 Å². The van der Waals surface area contributed by atoms with E-state index in [9.17, 15) is 14.4 Å². The summed E-state index contributed by atoms with van der Waals surface area (Å²) in [7, 11) is 0. The van der Waals surface area contributed by atoms with Gasteiger partial charge in [-0.25, -0.2) is 14.4 Å². The molecule has 0 radical (unpaired) electrons. The molecule has 4 rings (SSSR count). The molecular formula is C67H103N5O6. The largest absolute Gasteiger partial charge is 0.462 e. The van der Waals surface area contributed by atoms with Crippen LogP contribution in [0.25, 0.3) is 0 Å². The van der Waals surface area contributed by atoms with Crippen molar-refractivity contribution in [3.8, 4) is 0 Å². The van der Waals surface area contributed by atoms with Gasteiger partial charge in [-0.3, -0.25) is 0 Å². The van der Waals surface area contributed by atoms with Gasteiger partial charge >= 0.3 is 17.9 Å². The van der Waals surface area contributed by atoms with Crippen LogP contribution in [-0.4, -0.2) is 52.7 Å². The Balaban J connectivity index is 1.27. The highest BCUT2D eigenvalue weighted by Crippen LogP contribution is 2.22. The van der Waals surface area contributed by atoms with Crippen molar-refractivity contribution in [1.29, 1.82) is 0 Å². The lowest BCUT2D eigenvalue weighted by Gasteiger charge is -2.12. The Kier molecular flexibility index (Phi) is 36.4. The molecule has 1 heterocycles. The van der Waals surface area contributed by atoms with Crippen LogP contribution in [0.15, 0.2) is 72.8 Å². The first kappa shape index (κ1) is 65.2. The van der Waals surface area contributed by atoms with Crippen molar-refractivity contribution in [3.63, 3.8) is 0 Å². The molecule has 0 fully saturated rings. The third-order valence-electron chi connectivity index (χ3n) is 14.7. The Morgan fingerprint density at radius 2 is 0.564 bits per heavy atom. The molecule has 0 bridgehead atoms. The smallest absolute Gasteiger partial charge is 0.338 e. The first-order valence-electron chi connectivity index (χ1n) is 31.5. The number of aromatic nitrogens is 3. The van der Waals surface area contributed by atoms with Gasteiger partial charge in [0.1, 0.15) is 5.82 Å². The first-order valence-corrected chi connectivity index (χ1v) is 31.5. The fourth-order valence-corrected chi connectivity index (χ4v) is 9.76. The number of benzene rings is 3. The molecule has 11 heteroatoms. The lowest BCUT2D eigenvalue weighted by Crippen LogP contribution is -2.09. The Hall–Kier alpha value is -5.32. The Morgan fingerprint density at radius 1 is 0.321 bits per heavy atom. The number of carbonyl (C=O) groups is 3. The van der Waals surface area contributed by atoms with Gasteiger partial charge in [0, 0.05) is 17.8 Å². The SMILES string of the molecule is CCCCCCCCCCCCCCOC(=O)c1ccc(Cc2nc(Nc3ccc(C(=O)OCCCCCCCCCCCCCC)cc3)nc(Nc3ccc(C(=O)OCCCCCCCCCCCCCC)cc3)n2)cc1. The minimum atomic E-state index is -0.337. The molecule has 0 aliphatic heterocycles. The van der Waals surface area contributed by atoms with Crippen LogP contribution in [0.2, 0.25) is 0 Å². The number of ether oxygens (including phenoxy) is 3. The van der Waals surface area contributed by atoms with Crippen molar-refractivity contribution in [2.24, 2.45) is 0 Å². The summed E-state index contributed by atoms with van der Waals surface area (Å²) in [5.74, 6) is 0.114. The topological polar surface area (TPSA) is 142 Å². The maximum absolute atomic E-state index is 12.9. The normalized spacial score (nSPS) is 11.2. The number of nitrogens with zero attached hydrogens (tertiary/aromatic N) is 3. The lowest BCUT2D eigenvalue weighted by atomic mass is 10.1. The minimum absolute atomic E-state index is 0.306. The molecule has 2 N–H and O–H groups in total. The van der Waals surface area contributed by atoms with E-state index in [0.717, 1.165) is 44.1 Å². The van der Waals surface area contributed by atoms with Crippen LogP contribution in [0.1, 0.15) is 294 Å². The van der Waals surface area contributed by atoms with E-state index in [1.54, 1.807) is 36.4 Å². The van der Waals surface area contributed by atoms with Crippen LogP contribution in [-0.2, 0) is 20.6 Å². The van der Waals surface area contributed by atoms with Gasteiger partial charge in [-0.2, -0.15) is 15.0 Å². The van der Waals surface area contributed by atoms with Crippen molar-refractivity contribution in [2.45, 2.75) is 258 Å². The first-order chi connectivity index (χ1) is 38.4. The van der Waals surface area contributed by atoms with Gasteiger partial charge in [0.2, 0.25) is 11.9 Å². The molecule has 0 spiro atoms. The van der Waals surface area contributed by atoms with E-state index in [0.29, 0.717) is 72.0 Å². The molecule has 0 atom stereocenters. The number of carbonyl (C=O) groups excluding carboxylic acids is 3. The van der Waals surface area contributed by atoms with Crippen molar-refractivity contribution in [1.82, 2.24) is 15.0 Å². The number of unbranched alkanes of at least 4 members (excludes halogenated alkanes) is 33. The highest BCUT2D eigenvalue weighted by Gasteiger charge is 2.14. The number of rotatable bonds is 48. The number of hydrogen-bond acceptors (Lipinski definition) is 11. The summed E-state index contributed by atoms with van der Waals surface area (Å²) < 4.78 is 16.9. The molecule has 11 nitrogen and oxygen atoms in total. The van der Waals surface area contributed by atoms with Crippen LogP contribution >= 0.6 is 0 Å². The molecule has 3 aromatic carbocycles. The average molecular weight is 1070 g/mol. The van der Waals surface area contributed by atoms with Crippen molar-refractivity contribution in [2.75, 3.05) is 30.5 Å². The maximum Gasteiger partial charge on any atom is 0.338 e. The predicted octanol–water partition coefficient (Wildman–Crippen LogP) is 19.5. The second kappa shape index (κ2) is 43.5. The Labute approximate surface area is 472 Å². The van der Waals surface area contributed by atoms with Crippen molar-refractivity contribution in [3.05, 3.63) is 101 Å². The highest BCUT2D eigenvalue weighted by molar-refractivity contribution is 5.91. The number of nitrogens with one attached hydrogen (secondary N) is 2. The molecule has 0 aliphatic rings. The minimum Gasteiger partial charge on any atom is -0.462 e. The number of hydrogen-bond donors (Lipinski definition) is 2. The van der Waals surface area contributed by atoms with Gasteiger partial charge in [-0.1, -0.05) is 245 Å². The second-order valence-corrected chi connectivity index (χ2v) is 21.8. The molecule has 1 aromatic heterocycles. The summed E-state index contributed by atoms with van der Waals surface area (Å²) in [6.45, 7) is 8.04. The standard InChI is InChI=1S/C67H103N5O6/c1-4-7-10-13-16-19-22-25-28-31-34-37-52-76-63(73)57-42-40-56(41-43-57)55-62-70-66(68-60-48-44-58(45-49-60)64(74)77-53-38-35-32-29-26-23-20-17-14-11-8-5-2)72-67(71-62)69-61-50-46-59(47-51-61)65(75)78-54-39-36-33-30-27-24-21-18-15-12-9-6-3/h40-51H,4-39,52-55H2,1-3H3,(H2,68,69,70,71,72). The van der Waals surface area contributed by atoms with E-state index in [1.807, 2.05) is 36.4 Å². The Bertz CT molecular complexity index is 1890. The molecule has 0 amide bonds. The molecule has 4 aromatic rings. The second-order valence-electron chi connectivity index (χ2n) is 21.8. The van der Waals surface area contributed by atoms with Crippen LogP contribution in [0.3, 0.4) is 0 Å². The summed E-state index contributed by atoms with van der Waals surface area (Å²) in [5.41, 5.74) is 3.75. The summed E-state index contributed by atoms with van der Waals surface area (Å²) in [5, 5.41) is 6.58. The maximum atomic E-state index is 12.9.